The van der Waals surface area contributed by atoms with Gasteiger partial charge in [0.1, 0.15) is 0 Å². The van der Waals surface area contributed by atoms with Crippen LogP contribution in [0.1, 0.15) is 15.5 Å². The summed E-state index contributed by atoms with van der Waals surface area (Å²) in [4.78, 5) is 18.5. The molecule has 0 saturated heterocycles. The molecule has 0 unspecified atom stereocenters. The fourth-order valence-corrected chi connectivity index (χ4v) is 1.98. The standard InChI is InChI=1S/C10H12N4O2S/c15-10(16)9-13-8(6-17-9)5-11-1-3-14-4-2-12-7-14/h2,4,6-7,11H,1,3,5H2,(H,15,16). The Bertz CT molecular complexity index is 480. The monoisotopic (exact) mass is 252 g/mol. The Labute approximate surface area is 102 Å². The van der Waals surface area contributed by atoms with Crippen LogP contribution in [0.25, 0.3) is 0 Å². The maximum Gasteiger partial charge on any atom is 0.365 e. The second-order valence-corrected chi connectivity index (χ2v) is 4.28. The van der Waals surface area contributed by atoms with E-state index >= 15 is 0 Å². The number of rotatable bonds is 6. The quantitative estimate of drug-likeness (QED) is 0.744. The summed E-state index contributed by atoms with van der Waals surface area (Å²) in [6.45, 7) is 2.20. The number of carboxylic acids is 1. The van der Waals surface area contributed by atoms with E-state index in [1.807, 2.05) is 10.8 Å². The Morgan fingerprint density at radius 1 is 1.59 bits per heavy atom. The third kappa shape index (κ3) is 3.36. The minimum atomic E-state index is -0.973. The van der Waals surface area contributed by atoms with Crippen molar-refractivity contribution in [1.29, 1.82) is 0 Å². The van der Waals surface area contributed by atoms with Gasteiger partial charge in [-0.2, -0.15) is 0 Å². The van der Waals surface area contributed by atoms with Crippen LogP contribution in [0.4, 0.5) is 0 Å². The number of hydrogen-bond acceptors (Lipinski definition) is 5. The number of carboxylic acid groups (broad SMARTS) is 1. The molecule has 2 heterocycles. The van der Waals surface area contributed by atoms with Crippen LogP contribution in [0.5, 0.6) is 0 Å². The first-order valence-electron chi connectivity index (χ1n) is 5.10. The highest BCUT2D eigenvalue weighted by molar-refractivity contribution is 7.11. The number of carbonyl (C=O) groups is 1. The van der Waals surface area contributed by atoms with Crippen molar-refractivity contribution >= 4 is 17.3 Å². The molecule has 0 fully saturated rings. The van der Waals surface area contributed by atoms with Crippen molar-refractivity contribution in [3.8, 4) is 0 Å². The van der Waals surface area contributed by atoms with Gasteiger partial charge in [0.15, 0.2) is 0 Å². The fraction of sp³-hybridized carbons (Fsp3) is 0.300. The Kier molecular flexibility index (Phi) is 3.84. The van der Waals surface area contributed by atoms with Gasteiger partial charge < -0.3 is 15.0 Å². The molecule has 7 heteroatoms. The molecular formula is C10H12N4O2S. The lowest BCUT2D eigenvalue weighted by Crippen LogP contribution is -2.19. The highest BCUT2D eigenvalue weighted by Crippen LogP contribution is 2.08. The zero-order chi connectivity index (χ0) is 12.1. The summed E-state index contributed by atoms with van der Waals surface area (Å²) < 4.78 is 1.97. The predicted molar refractivity (Wildman–Crippen MR) is 63.0 cm³/mol. The molecule has 0 spiro atoms. The topological polar surface area (TPSA) is 80.0 Å². The average molecular weight is 252 g/mol. The molecule has 0 amide bonds. The largest absolute Gasteiger partial charge is 0.476 e. The van der Waals surface area contributed by atoms with Crippen LogP contribution in [0.15, 0.2) is 24.1 Å². The van der Waals surface area contributed by atoms with Gasteiger partial charge in [-0.1, -0.05) is 0 Å². The van der Waals surface area contributed by atoms with Crippen molar-refractivity contribution in [2.45, 2.75) is 13.1 Å². The highest BCUT2D eigenvalue weighted by Gasteiger charge is 2.07. The summed E-state index contributed by atoms with van der Waals surface area (Å²) in [6, 6.07) is 0. The second-order valence-electron chi connectivity index (χ2n) is 3.43. The third-order valence-electron chi connectivity index (χ3n) is 2.15. The number of aromatic carboxylic acids is 1. The molecule has 2 rings (SSSR count). The SMILES string of the molecule is O=C(O)c1nc(CNCCn2ccnc2)cs1. The molecule has 2 aromatic rings. The molecule has 0 aliphatic heterocycles. The van der Waals surface area contributed by atoms with Crippen LogP contribution < -0.4 is 5.32 Å². The summed E-state index contributed by atoms with van der Waals surface area (Å²) in [5.74, 6) is -0.973. The number of nitrogens with one attached hydrogen (secondary N) is 1. The Morgan fingerprint density at radius 3 is 3.12 bits per heavy atom. The van der Waals surface area contributed by atoms with E-state index in [9.17, 15) is 4.79 Å². The lowest BCUT2D eigenvalue weighted by Gasteiger charge is -2.03. The minimum Gasteiger partial charge on any atom is -0.476 e. The van der Waals surface area contributed by atoms with Gasteiger partial charge in [-0.15, -0.1) is 11.3 Å². The van der Waals surface area contributed by atoms with Crippen LogP contribution in [0, 0.1) is 0 Å². The van der Waals surface area contributed by atoms with Gasteiger partial charge in [-0.3, -0.25) is 0 Å². The lowest BCUT2D eigenvalue weighted by molar-refractivity contribution is 0.0696. The predicted octanol–water partition coefficient (Wildman–Crippen LogP) is 0.828. The first-order valence-corrected chi connectivity index (χ1v) is 5.98. The molecule has 0 radical (unpaired) electrons. The lowest BCUT2D eigenvalue weighted by atomic mass is 10.4. The summed E-state index contributed by atoms with van der Waals surface area (Å²) in [5.41, 5.74) is 0.762. The molecule has 0 aliphatic carbocycles. The van der Waals surface area contributed by atoms with Crippen LogP contribution in [-0.2, 0) is 13.1 Å². The first kappa shape index (κ1) is 11.7. The summed E-state index contributed by atoms with van der Waals surface area (Å²) in [6.07, 6.45) is 5.39. The highest BCUT2D eigenvalue weighted by atomic mass is 32.1. The molecule has 2 aromatic heterocycles. The van der Waals surface area contributed by atoms with E-state index in [2.05, 4.69) is 15.3 Å². The van der Waals surface area contributed by atoms with E-state index < -0.39 is 5.97 Å². The van der Waals surface area contributed by atoms with Gasteiger partial charge in [-0.25, -0.2) is 14.8 Å². The summed E-state index contributed by atoms with van der Waals surface area (Å²) >= 11 is 1.15. The second kappa shape index (κ2) is 5.55. The summed E-state index contributed by atoms with van der Waals surface area (Å²) in [5, 5.41) is 13.8. The van der Waals surface area contributed by atoms with Crippen molar-refractivity contribution in [3.63, 3.8) is 0 Å². The first-order chi connectivity index (χ1) is 8.25. The zero-order valence-corrected chi connectivity index (χ0v) is 9.85. The molecule has 0 bridgehead atoms. The van der Waals surface area contributed by atoms with Crippen LogP contribution in [0.2, 0.25) is 0 Å². The van der Waals surface area contributed by atoms with Crippen molar-refractivity contribution in [2.75, 3.05) is 6.54 Å². The van der Waals surface area contributed by atoms with Crippen molar-refractivity contribution in [2.24, 2.45) is 0 Å². The Balaban J connectivity index is 1.72. The third-order valence-corrected chi connectivity index (χ3v) is 3.03. The minimum absolute atomic E-state index is 0.136. The van der Waals surface area contributed by atoms with Crippen molar-refractivity contribution in [1.82, 2.24) is 19.9 Å². The van der Waals surface area contributed by atoms with E-state index in [-0.39, 0.29) is 5.01 Å². The van der Waals surface area contributed by atoms with E-state index in [1.165, 1.54) is 0 Å². The smallest absolute Gasteiger partial charge is 0.365 e. The number of thiazole rings is 1. The van der Waals surface area contributed by atoms with E-state index in [0.717, 1.165) is 30.1 Å². The van der Waals surface area contributed by atoms with E-state index in [1.54, 1.807) is 17.9 Å². The zero-order valence-electron chi connectivity index (χ0n) is 9.04. The van der Waals surface area contributed by atoms with Gasteiger partial charge in [-0.05, 0) is 0 Å². The van der Waals surface area contributed by atoms with Gasteiger partial charge in [0, 0.05) is 37.4 Å². The maximum absolute atomic E-state index is 10.6. The number of aromatic nitrogens is 3. The van der Waals surface area contributed by atoms with E-state index in [4.69, 9.17) is 5.11 Å². The Hall–Kier alpha value is -1.73. The molecular weight excluding hydrogens is 240 g/mol. The van der Waals surface area contributed by atoms with E-state index in [0.29, 0.717) is 6.54 Å². The van der Waals surface area contributed by atoms with Crippen LogP contribution >= 0.6 is 11.3 Å². The average Bonchev–Trinajstić information content (AvgIpc) is 2.96. The molecule has 90 valence electrons. The van der Waals surface area contributed by atoms with Gasteiger partial charge in [0.25, 0.3) is 0 Å². The molecule has 0 atom stereocenters. The van der Waals surface area contributed by atoms with Crippen LogP contribution in [-0.4, -0.2) is 32.2 Å². The fourth-order valence-electron chi connectivity index (χ4n) is 1.33. The molecule has 2 N–H and O–H groups in total. The number of imidazole rings is 1. The van der Waals surface area contributed by atoms with Crippen molar-refractivity contribution < 1.29 is 9.90 Å². The number of nitrogens with zero attached hydrogens (tertiary/aromatic N) is 3. The van der Waals surface area contributed by atoms with Gasteiger partial charge in [0.05, 0.1) is 12.0 Å². The molecule has 6 nitrogen and oxygen atoms in total. The molecule has 0 aliphatic rings. The van der Waals surface area contributed by atoms with Gasteiger partial charge >= 0.3 is 5.97 Å². The molecule has 17 heavy (non-hydrogen) atoms. The normalized spacial score (nSPS) is 10.6. The van der Waals surface area contributed by atoms with Crippen molar-refractivity contribution in [3.05, 3.63) is 34.8 Å². The number of hydrogen-bond donors (Lipinski definition) is 2. The van der Waals surface area contributed by atoms with Gasteiger partial charge in [0.2, 0.25) is 5.01 Å². The molecule has 0 aromatic carbocycles. The van der Waals surface area contributed by atoms with Crippen LogP contribution in [0.3, 0.4) is 0 Å². The Morgan fingerprint density at radius 2 is 2.47 bits per heavy atom. The maximum atomic E-state index is 10.6. The molecule has 0 saturated carbocycles. The summed E-state index contributed by atoms with van der Waals surface area (Å²) in [7, 11) is 0.